The van der Waals surface area contributed by atoms with Gasteiger partial charge >= 0.3 is 0 Å². The number of piperidine rings is 1. The van der Waals surface area contributed by atoms with Crippen LogP contribution in [0.25, 0.3) is 11.1 Å². The van der Waals surface area contributed by atoms with E-state index in [1.54, 1.807) is 25.3 Å². The van der Waals surface area contributed by atoms with Crippen molar-refractivity contribution in [2.24, 2.45) is 5.41 Å². The van der Waals surface area contributed by atoms with Gasteiger partial charge in [0.1, 0.15) is 23.1 Å². The highest BCUT2D eigenvalue weighted by Crippen LogP contribution is 2.44. The summed E-state index contributed by atoms with van der Waals surface area (Å²) in [7, 11) is 1.58. The number of hydrogen-bond acceptors (Lipinski definition) is 6. The van der Waals surface area contributed by atoms with Crippen molar-refractivity contribution in [1.29, 1.82) is 0 Å². The highest BCUT2D eigenvalue weighted by Gasteiger charge is 2.45. The number of carbonyl (C=O) groups is 1. The normalized spacial score (nSPS) is 17.0. The lowest BCUT2D eigenvalue weighted by Crippen LogP contribution is -2.41. The van der Waals surface area contributed by atoms with Crippen molar-refractivity contribution in [3.63, 3.8) is 0 Å². The van der Waals surface area contributed by atoms with Gasteiger partial charge in [0.2, 0.25) is 11.8 Å². The lowest BCUT2D eigenvalue weighted by atomic mass is 9.77. The van der Waals surface area contributed by atoms with E-state index in [0.29, 0.717) is 37.9 Å². The van der Waals surface area contributed by atoms with Crippen LogP contribution in [-0.2, 0) is 11.3 Å². The molecule has 3 aromatic rings. The Hall–Kier alpha value is -3.65. The number of aromatic nitrogens is 1. The molecule has 0 aliphatic carbocycles. The third-order valence-corrected chi connectivity index (χ3v) is 7.70. The van der Waals surface area contributed by atoms with E-state index in [1.165, 1.54) is 12.1 Å². The summed E-state index contributed by atoms with van der Waals surface area (Å²) < 4.78 is 30.9. The smallest absolute Gasteiger partial charge is 0.228 e. The second kappa shape index (κ2) is 11.6. The summed E-state index contributed by atoms with van der Waals surface area (Å²) in [4.78, 5) is 21.7. The molecule has 0 saturated carbocycles. The van der Waals surface area contributed by atoms with Crippen molar-refractivity contribution in [3.8, 4) is 28.5 Å². The molecule has 5 rings (SSSR count). The molecule has 2 fully saturated rings. The standard InChI is InChI=1S/C31H36FN3O4/c1-4-38-25-17-22(18-26(39-5-2)30(25)23-9-11-24(32)12-10-23)20-34-15-13-31(14-16-34)19-29(36)35(21-31)27-7-6-8-28(33-27)37-3/h6-12,17-18H,4-5,13-16,19-21H2,1-3H3. The lowest BCUT2D eigenvalue weighted by Gasteiger charge is -2.38. The lowest BCUT2D eigenvalue weighted by molar-refractivity contribution is -0.118. The molecule has 1 aromatic heterocycles. The number of methoxy groups -OCH3 is 1. The fraction of sp³-hybridized carbons (Fsp3) is 0.419. The van der Waals surface area contributed by atoms with Crippen LogP contribution in [0.1, 0.15) is 38.7 Å². The number of ether oxygens (including phenoxy) is 3. The quantitative estimate of drug-likeness (QED) is 0.351. The molecular formula is C31H36FN3O4. The predicted molar refractivity (Wildman–Crippen MR) is 149 cm³/mol. The summed E-state index contributed by atoms with van der Waals surface area (Å²) >= 11 is 0. The van der Waals surface area contributed by atoms with Crippen LogP contribution in [0.2, 0.25) is 0 Å². The third kappa shape index (κ3) is 5.86. The second-order valence-corrected chi connectivity index (χ2v) is 10.3. The molecule has 0 bridgehead atoms. The molecule has 8 heteroatoms. The van der Waals surface area contributed by atoms with Crippen molar-refractivity contribution in [2.75, 3.05) is 44.9 Å². The molecule has 3 heterocycles. The Balaban J connectivity index is 1.30. The monoisotopic (exact) mass is 533 g/mol. The predicted octanol–water partition coefficient (Wildman–Crippen LogP) is 5.71. The highest BCUT2D eigenvalue weighted by molar-refractivity contribution is 5.95. The van der Waals surface area contributed by atoms with Crippen molar-refractivity contribution < 1.29 is 23.4 Å². The number of amides is 1. The van der Waals surface area contributed by atoms with Crippen LogP contribution in [-0.4, -0.2) is 55.7 Å². The van der Waals surface area contributed by atoms with Crippen LogP contribution in [0.4, 0.5) is 10.2 Å². The van der Waals surface area contributed by atoms with Gasteiger partial charge in [-0.2, -0.15) is 4.98 Å². The first-order valence-corrected chi connectivity index (χ1v) is 13.7. The first-order valence-electron chi connectivity index (χ1n) is 13.7. The minimum atomic E-state index is -0.277. The Morgan fingerprint density at radius 2 is 1.64 bits per heavy atom. The first kappa shape index (κ1) is 26.9. The van der Waals surface area contributed by atoms with Crippen LogP contribution in [0, 0.1) is 11.2 Å². The number of benzene rings is 2. The Kier molecular flexibility index (Phi) is 8.02. The van der Waals surface area contributed by atoms with Crippen molar-refractivity contribution >= 4 is 11.7 Å². The van der Waals surface area contributed by atoms with Crippen LogP contribution < -0.4 is 19.1 Å². The van der Waals surface area contributed by atoms with E-state index >= 15 is 0 Å². The molecule has 7 nitrogen and oxygen atoms in total. The molecule has 0 unspecified atom stereocenters. The van der Waals surface area contributed by atoms with Crippen LogP contribution >= 0.6 is 0 Å². The summed E-state index contributed by atoms with van der Waals surface area (Å²) in [5.41, 5.74) is 2.78. The van der Waals surface area contributed by atoms with Crippen LogP contribution in [0.15, 0.2) is 54.6 Å². The fourth-order valence-corrected chi connectivity index (χ4v) is 5.73. The van der Waals surface area contributed by atoms with Gasteiger partial charge in [-0.1, -0.05) is 18.2 Å². The molecule has 2 aliphatic rings. The zero-order valence-corrected chi connectivity index (χ0v) is 22.9. The average Bonchev–Trinajstić information content (AvgIpc) is 3.26. The molecule has 1 amide bonds. The maximum absolute atomic E-state index is 13.6. The summed E-state index contributed by atoms with van der Waals surface area (Å²) in [6.07, 6.45) is 2.45. The van der Waals surface area contributed by atoms with Gasteiger partial charge in [0, 0.05) is 25.6 Å². The third-order valence-electron chi connectivity index (χ3n) is 7.70. The van der Waals surface area contributed by atoms with Crippen molar-refractivity contribution in [2.45, 2.75) is 39.7 Å². The van der Waals surface area contributed by atoms with E-state index in [0.717, 1.165) is 60.7 Å². The number of anilines is 1. The molecule has 0 atom stereocenters. The van der Waals surface area contributed by atoms with E-state index < -0.39 is 0 Å². The fourth-order valence-electron chi connectivity index (χ4n) is 5.73. The Morgan fingerprint density at radius 3 is 2.26 bits per heavy atom. The summed E-state index contributed by atoms with van der Waals surface area (Å²) in [6.45, 7) is 8.20. The second-order valence-electron chi connectivity index (χ2n) is 10.3. The molecule has 39 heavy (non-hydrogen) atoms. The molecule has 206 valence electrons. The van der Waals surface area contributed by atoms with E-state index in [4.69, 9.17) is 14.2 Å². The van der Waals surface area contributed by atoms with Crippen molar-refractivity contribution in [3.05, 3.63) is 66.0 Å². The zero-order chi connectivity index (χ0) is 27.4. The Morgan fingerprint density at radius 1 is 0.974 bits per heavy atom. The molecule has 2 aromatic carbocycles. The number of nitrogens with zero attached hydrogens (tertiary/aromatic N) is 3. The van der Waals surface area contributed by atoms with Gasteiger partial charge in [0.25, 0.3) is 0 Å². The molecule has 0 radical (unpaired) electrons. The summed E-state index contributed by atoms with van der Waals surface area (Å²) in [6, 6.07) is 16.1. The van der Waals surface area contributed by atoms with Crippen LogP contribution in [0.3, 0.4) is 0 Å². The summed E-state index contributed by atoms with van der Waals surface area (Å²) in [5.74, 6) is 2.50. The average molecular weight is 534 g/mol. The Labute approximate surface area is 229 Å². The van der Waals surface area contributed by atoms with Gasteiger partial charge in [-0.05, 0) is 86.7 Å². The first-order chi connectivity index (χ1) is 18.9. The van der Waals surface area contributed by atoms with Gasteiger partial charge in [-0.3, -0.25) is 14.6 Å². The SMILES string of the molecule is CCOc1cc(CN2CCC3(CC2)CC(=O)N(c2cccc(OC)n2)C3)cc(OCC)c1-c1ccc(F)cc1. The molecule has 2 saturated heterocycles. The number of pyridine rings is 1. The minimum Gasteiger partial charge on any atom is -0.493 e. The van der Waals surface area contributed by atoms with Gasteiger partial charge in [0.05, 0.1) is 25.9 Å². The molecular weight excluding hydrogens is 497 g/mol. The van der Waals surface area contributed by atoms with Gasteiger partial charge in [-0.25, -0.2) is 4.39 Å². The van der Waals surface area contributed by atoms with Gasteiger partial charge in [-0.15, -0.1) is 0 Å². The van der Waals surface area contributed by atoms with Gasteiger partial charge < -0.3 is 14.2 Å². The summed E-state index contributed by atoms with van der Waals surface area (Å²) in [5, 5.41) is 0. The number of rotatable bonds is 9. The minimum absolute atomic E-state index is 0.0300. The number of halogens is 1. The van der Waals surface area contributed by atoms with Crippen LogP contribution in [0.5, 0.6) is 17.4 Å². The highest BCUT2D eigenvalue weighted by atomic mass is 19.1. The number of carbonyl (C=O) groups excluding carboxylic acids is 1. The van der Waals surface area contributed by atoms with E-state index in [1.807, 2.05) is 30.9 Å². The Bertz CT molecular complexity index is 1280. The van der Waals surface area contributed by atoms with Gasteiger partial charge in [0.15, 0.2) is 0 Å². The van der Waals surface area contributed by atoms with Crippen molar-refractivity contribution in [1.82, 2.24) is 9.88 Å². The molecule has 0 N–H and O–H groups in total. The molecule has 2 aliphatic heterocycles. The number of hydrogen-bond donors (Lipinski definition) is 0. The van der Waals surface area contributed by atoms with E-state index in [9.17, 15) is 9.18 Å². The largest absolute Gasteiger partial charge is 0.493 e. The maximum Gasteiger partial charge on any atom is 0.228 e. The zero-order valence-electron chi connectivity index (χ0n) is 22.9. The maximum atomic E-state index is 13.6. The molecule has 1 spiro atoms. The van der Waals surface area contributed by atoms with E-state index in [-0.39, 0.29) is 17.1 Å². The van der Waals surface area contributed by atoms with E-state index in [2.05, 4.69) is 22.0 Å². The topological polar surface area (TPSA) is 64.1 Å². The number of likely N-dealkylation sites (tertiary alicyclic amines) is 1.